The third-order valence-electron chi connectivity index (χ3n) is 7.00. The topological polar surface area (TPSA) is 42.0 Å². The maximum atomic E-state index is 12.9. The molecule has 0 aromatic heterocycles. The summed E-state index contributed by atoms with van der Waals surface area (Å²) in [6.07, 6.45) is -0.146. The number of nitrogens with zero attached hydrogens (tertiary/aromatic N) is 2. The van der Waals surface area contributed by atoms with Crippen LogP contribution in [0, 0.1) is 0 Å². The largest absolute Gasteiger partial charge is 0.448 e. The highest BCUT2D eigenvalue weighted by atomic mass is 16.6. The highest BCUT2D eigenvalue weighted by Gasteiger charge is 2.30. The molecule has 176 valence electrons. The third kappa shape index (κ3) is 4.40. The molecule has 1 amide bonds. The second-order valence-corrected chi connectivity index (χ2v) is 8.97. The zero-order valence-corrected chi connectivity index (χ0v) is 19.9. The predicted molar refractivity (Wildman–Crippen MR) is 135 cm³/mol. The summed E-state index contributed by atoms with van der Waals surface area (Å²) in [5.41, 5.74) is 7.32. The van der Waals surface area contributed by atoms with Crippen molar-refractivity contribution < 1.29 is 14.3 Å². The molecule has 1 aliphatic heterocycles. The Balaban J connectivity index is 1.19. The van der Waals surface area contributed by atoms with Gasteiger partial charge in [-0.05, 0) is 53.8 Å². The van der Waals surface area contributed by atoms with Crippen LogP contribution in [0.4, 0.5) is 10.5 Å². The number of hydrogen-bond acceptors (Lipinski definition) is 4. The molecule has 0 spiro atoms. The minimum Gasteiger partial charge on any atom is -0.448 e. The summed E-state index contributed by atoms with van der Waals surface area (Å²) in [4.78, 5) is 17.1. The number of fused-ring (bicyclic) bond motifs is 3. The first-order chi connectivity index (χ1) is 16.7. The number of hydrogen-bond donors (Lipinski definition) is 0. The maximum Gasteiger partial charge on any atom is 0.409 e. The van der Waals surface area contributed by atoms with Gasteiger partial charge in [0.2, 0.25) is 0 Å². The Morgan fingerprint density at radius 2 is 1.56 bits per heavy atom. The second kappa shape index (κ2) is 9.90. The Labute approximate surface area is 201 Å². The minimum absolute atomic E-state index is 0.0760. The molecule has 1 aliphatic carbocycles. The van der Waals surface area contributed by atoms with Crippen LogP contribution in [0.15, 0.2) is 72.8 Å². The summed E-state index contributed by atoms with van der Waals surface area (Å²) < 4.78 is 11.6. The summed E-state index contributed by atoms with van der Waals surface area (Å²) in [5, 5.41) is 0. The Morgan fingerprint density at radius 3 is 2.21 bits per heavy atom. The molecule has 1 heterocycles. The van der Waals surface area contributed by atoms with E-state index in [9.17, 15) is 4.79 Å². The van der Waals surface area contributed by atoms with E-state index >= 15 is 0 Å². The number of carbonyl (C=O) groups is 1. The van der Waals surface area contributed by atoms with E-state index in [2.05, 4.69) is 84.6 Å². The van der Waals surface area contributed by atoms with Crippen molar-refractivity contribution in [2.45, 2.75) is 25.9 Å². The fourth-order valence-corrected chi connectivity index (χ4v) is 5.15. The van der Waals surface area contributed by atoms with Gasteiger partial charge >= 0.3 is 6.09 Å². The SMILES string of the molecule is CCOC(C)c1cccc(N2CCN(C(=O)OCC3c4ccccc4-c4ccccc43)CC2)c1. The number of piperazine rings is 1. The molecule has 0 saturated carbocycles. The van der Waals surface area contributed by atoms with Crippen LogP contribution < -0.4 is 4.90 Å². The van der Waals surface area contributed by atoms with Crippen LogP contribution >= 0.6 is 0 Å². The Hall–Kier alpha value is -3.31. The molecule has 3 aromatic carbocycles. The minimum atomic E-state index is -0.222. The lowest BCUT2D eigenvalue weighted by Crippen LogP contribution is -2.49. The van der Waals surface area contributed by atoms with Crippen LogP contribution in [0.25, 0.3) is 11.1 Å². The highest BCUT2D eigenvalue weighted by molar-refractivity contribution is 5.79. The summed E-state index contributed by atoms with van der Waals surface area (Å²) in [6.45, 7) is 8.05. The lowest BCUT2D eigenvalue weighted by Gasteiger charge is -2.36. The maximum absolute atomic E-state index is 12.9. The van der Waals surface area contributed by atoms with Gasteiger partial charge in [0, 0.05) is 44.4 Å². The van der Waals surface area contributed by atoms with Gasteiger partial charge in [-0.2, -0.15) is 0 Å². The molecule has 5 heteroatoms. The van der Waals surface area contributed by atoms with E-state index in [0.717, 1.165) is 13.1 Å². The van der Waals surface area contributed by atoms with Gasteiger partial charge in [0.05, 0.1) is 6.10 Å². The fraction of sp³-hybridized carbons (Fsp3) is 0.345. The smallest absolute Gasteiger partial charge is 0.409 e. The van der Waals surface area contributed by atoms with E-state index in [1.807, 2.05) is 11.8 Å². The van der Waals surface area contributed by atoms with E-state index in [4.69, 9.17) is 9.47 Å². The van der Waals surface area contributed by atoms with Gasteiger partial charge in [-0.15, -0.1) is 0 Å². The molecule has 0 radical (unpaired) electrons. The summed E-state index contributed by atoms with van der Waals surface area (Å²) in [5.74, 6) is 0.0905. The van der Waals surface area contributed by atoms with Crippen LogP contribution in [0.5, 0.6) is 0 Å². The molecule has 2 aliphatic rings. The number of benzene rings is 3. The van der Waals surface area contributed by atoms with E-state index in [1.165, 1.54) is 33.5 Å². The van der Waals surface area contributed by atoms with Crippen molar-refractivity contribution >= 4 is 11.8 Å². The van der Waals surface area contributed by atoms with Crippen molar-refractivity contribution in [3.05, 3.63) is 89.5 Å². The second-order valence-electron chi connectivity index (χ2n) is 8.97. The van der Waals surface area contributed by atoms with Crippen molar-refractivity contribution in [2.24, 2.45) is 0 Å². The van der Waals surface area contributed by atoms with Crippen molar-refractivity contribution in [3.8, 4) is 11.1 Å². The summed E-state index contributed by atoms with van der Waals surface area (Å²) in [7, 11) is 0. The van der Waals surface area contributed by atoms with Gasteiger partial charge in [-0.25, -0.2) is 4.79 Å². The van der Waals surface area contributed by atoms with Crippen molar-refractivity contribution in [2.75, 3.05) is 44.3 Å². The lowest BCUT2D eigenvalue weighted by molar-refractivity contribution is 0.0764. The quantitative estimate of drug-likeness (QED) is 0.466. The van der Waals surface area contributed by atoms with Gasteiger partial charge in [-0.1, -0.05) is 60.7 Å². The molecule has 5 nitrogen and oxygen atoms in total. The first-order valence-electron chi connectivity index (χ1n) is 12.2. The molecule has 3 aromatic rings. The third-order valence-corrected chi connectivity index (χ3v) is 7.00. The molecule has 5 rings (SSSR count). The Kier molecular flexibility index (Phi) is 6.54. The van der Waals surface area contributed by atoms with Crippen molar-refractivity contribution in [3.63, 3.8) is 0 Å². The zero-order chi connectivity index (χ0) is 23.5. The molecule has 1 atom stereocenters. The van der Waals surface area contributed by atoms with Crippen molar-refractivity contribution in [1.29, 1.82) is 0 Å². The summed E-state index contributed by atoms with van der Waals surface area (Å²) in [6, 6.07) is 25.4. The van der Waals surface area contributed by atoms with Gasteiger partial charge < -0.3 is 19.3 Å². The first-order valence-corrected chi connectivity index (χ1v) is 12.2. The number of carbonyl (C=O) groups excluding carboxylic acids is 1. The molecule has 1 saturated heterocycles. The van der Waals surface area contributed by atoms with E-state index in [-0.39, 0.29) is 18.1 Å². The van der Waals surface area contributed by atoms with Gasteiger partial charge in [0.15, 0.2) is 0 Å². The first kappa shape index (κ1) is 22.5. The van der Waals surface area contributed by atoms with Crippen molar-refractivity contribution in [1.82, 2.24) is 4.90 Å². The monoisotopic (exact) mass is 456 g/mol. The van der Waals surface area contributed by atoms with E-state index in [0.29, 0.717) is 26.3 Å². The number of anilines is 1. The molecular formula is C29H32N2O3. The number of rotatable bonds is 6. The standard InChI is InChI=1S/C29H32N2O3/c1-3-33-21(2)22-9-8-10-23(19-22)30-15-17-31(18-16-30)29(32)34-20-28-26-13-6-4-11-24(26)25-12-5-7-14-27(25)28/h4-14,19,21,28H,3,15-18,20H2,1-2H3. The lowest BCUT2D eigenvalue weighted by atomic mass is 9.98. The molecular weight excluding hydrogens is 424 g/mol. The normalized spacial score (nSPS) is 16.2. The Morgan fingerprint density at radius 1 is 0.912 bits per heavy atom. The number of amides is 1. The zero-order valence-electron chi connectivity index (χ0n) is 19.9. The van der Waals surface area contributed by atoms with E-state index in [1.54, 1.807) is 0 Å². The van der Waals surface area contributed by atoms with Crippen LogP contribution in [0.1, 0.15) is 42.6 Å². The average molecular weight is 457 g/mol. The van der Waals surface area contributed by atoms with Gasteiger partial charge in [0.1, 0.15) is 6.61 Å². The number of ether oxygens (including phenoxy) is 2. The fourth-order valence-electron chi connectivity index (χ4n) is 5.15. The molecule has 1 unspecified atom stereocenters. The van der Waals surface area contributed by atoms with Crippen LogP contribution in [0.3, 0.4) is 0 Å². The van der Waals surface area contributed by atoms with Crippen LogP contribution in [-0.4, -0.2) is 50.4 Å². The van der Waals surface area contributed by atoms with Crippen LogP contribution in [0.2, 0.25) is 0 Å². The Bertz CT molecular complexity index is 1110. The molecule has 34 heavy (non-hydrogen) atoms. The molecule has 0 N–H and O–H groups in total. The average Bonchev–Trinajstić information content (AvgIpc) is 3.21. The molecule has 0 bridgehead atoms. The van der Waals surface area contributed by atoms with Gasteiger partial charge in [-0.3, -0.25) is 0 Å². The molecule has 1 fully saturated rings. The highest BCUT2D eigenvalue weighted by Crippen LogP contribution is 2.44. The van der Waals surface area contributed by atoms with Crippen LogP contribution in [-0.2, 0) is 9.47 Å². The van der Waals surface area contributed by atoms with Gasteiger partial charge in [0.25, 0.3) is 0 Å². The predicted octanol–water partition coefficient (Wildman–Crippen LogP) is 5.86. The summed E-state index contributed by atoms with van der Waals surface area (Å²) >= 11 is 0. The van der Waals surface area contributed by atoms with E-state index < -0.39 is 0 Å².